The van der Waals surface area contributed by atoms with Crippen LogP contribution in [-0.2, 0) is 58.1 Å². The SMILES string of the molecule is CC(C)(C)[C@H](C(=O)[O-])N1C(=O)c2c(Cl)c(Cl)c(Cl)c(Cl)c2C1=O.CC(C)(C)[C@H](C(=O)[O-])N1C(=O)c2c(Cl)c(Cl)c(Cl)c(Cl)c2C1=O.CC(C)(C)[C@H](C(=O)[O-])N1C(=O)c2c(Cl)c(Cl)c(Cl)c(Cl)c2C1=O.CC(C)(C)[C@H](C(=O)[O-])N1C(=O)c2c(Cl)c(Cl)c(Cl)c(Cl)c2C1=O.[Rh+2].[Rh+2]. The van der Waals surface area contributed by atoms with E-state index in [0.717, 1.165) is 0 Å². The number of carbonyl (C=O) groups excluding carboxylic acids is 12. The molecule has 4 aromatic carbocycles. The molecule has 94 heavy (non-hydrogen) atoms. The van der Waals surface area contributed by atoms with Crippen LogP contribution < -0.4 is 20.4 Å². The van der Waals surface area contributed by atoms with Crippen molar-refractivity contribution < 1.29 is 117 Å². The second-order valence-electron chi connectivity index (χ2n) is 24.3. The van der Waals surface area contributed by atoms with Crippen LogP contribution in [0.15, 0.2) is 0 Å². The predicted molar refractivity (Wildman–Crippen MR) is 341 cm³/mol. The third-order valence-corrected chi connectivity index (χ3v) is 20.9. The zero-order chi connectivity index (χ0) is 71.4. The number of rotatable bonds is 8. The topological polar surface area (TPSA) is 310 Å². The number of nitrogens with zero attached hydrogens (tertiary/aromatic N) is 4. The van der Waals surface area contributed by atoms with Crippen LogP contribution >= 0.6 is 186 Å². The Morgan fingerprint density at radius 2 is 0.319 bits per heavy atom. The fourth-order valence-corrected chi connectivity index (χ4v) is 13.8. The summed E-state index contributed by atoms with van der Waals surface area (Å²) >= 11 is 95.2. The van der Waals surface area contributed by atoms with E-state index in [9.17, 15) is 78.0 Å². The van der Waals surface area contributed by atoms with Crippen molar-refractivity contribution in [2.24, 2.45) is 21.7 Å². The number of amides is 8. The van der Waals surface area contributed by atoms with E-state index < -0.39 is 117 Å². The van der Waals surface area contributed by atoms with E-state index in [1.807, 2.05) is 0 Å². The first-order valence-corrected chi connectivity index (χ1v) is 31.5. The quantitative estimate of drug-likeness (QED) is 0.0685. The molecular weight excluding hydrogens is 1760 g/mol. The molecule has 510 valence electrons. The molecule has 4 aromatic rings. The average Bonchev–Trinajstić information content (AvgIpc) is 1.61. The van der Waals surface area contributed by atoms with Crippen molar-refractivity contribution in [2.45, 2.75) is 107 Å². The molecule has 0 saturated carbocycles. The Balaban J connectivity index is 0.000000325. The fraction of sp³-hybridized carbons (Fsp3) is 0.357. The molecule has 38 heteroatoms. The number of fused-ring (bicyclic) bond motifs is 4. The Morgan fingerprint density at radius 1 is 0.234 bits per heavy atom. The van der Waals surface area contributed by atoms with Gasteiger partial charge in [-0.05, 0) is 21.7 Å². The van der Waals surface area contributed by atoms with Crippen LogP contribution in [0, 0.1) is 21.7 Å². The number of hydrogen-bond acceptors (Lipinski definition) is 16. The molecule has 0 N–H and O–H groups in total. The molecular formula is C56H40Cl16N4O16Rh2. The number of halogens is 16. The summed E-state index contributed by atoms with van der Waals surface area (Å²) in [7, 11) is 0. The van der Waals surface area contributed by atoms with Gasteiger partial charge in [-0.25, -0.2) is 0 Å². The van der Waals surface area contributed by atoms with Crippen LogP contribution in [0.25, 0.3) is 0 Å². The van der Waals surface area contributed by atoms with Gasteiger partial charge in [0.1, 0.15) is 0 Å². The molecule has 4 aliphatic rings. The largest absolute Gasteiger partial charge is 2.00 e. The van der Waals surface area contributed by atoms with Crippen molar-refractivity contribution in [3.05, 3.63) is 125 Å². The summed E-state index contributed by atoms with van der Waals surface area (Å²) in [5, 5.41) is 42.6. The molecule has 2 radical (unpaired) electrons. The van der Waals surface area contributed by atoms with Crippen molar-refractivity contribution in [3.63, 3.8) is 0 Å². The molecule has 0 bridgehead atoms. The minimum absolute atomic E-state index is 0. The zero-order valence-corrected chi connectivity index (χ0v) is 64.7. The Kier molecular flexibility index (Phi) is 27.8. The molecule has 0 aliphatic carbocycles. The van der Waals surface area contributed by atoms with Gasteiger partial charge in [-0.15, -0.1) is 0 Å². The standard InChI is InChI=1S/4C14H11Cl4NO4.2Rh/c4*1-14(2,3)10(13(22)23)19-11(20)4-5(12(19)21)7(16)9(18)8(17)6(4)15;;/h4*10H,1-3H3,(H,22,23);;/q;;;;2*+2/p-4/t4*10-;;/m0000../s1. The summed E-state index contributed by atoms with van der Waals surface area (Å²) in [6.45, 7) is 18.7. The smallest absolute Gasteiger partial charge is 0.548 e. The number of carbonyl (C=O) groups is 12. The normalized spacial score (nSPS) is 15.5. The molecule has 0 fully saturated rings. The second-order valence-corrected chi connectivity index (χ2v) is 30.3. The Labute approximate surface area is 640 Å². The fourth-order valence-electron chi connectivity index (χ4n) is 9.79. The van der Waals surface area contributed by atoms with Crippen LogP contribution in [-0.4, -0.2) is 115 Å². The van der Waals surface area contributed by atoms with E-state index in [-0.39, 0.29) is 164 Å². The van der Waals surface area contributed by atoms with E-state index in [1.54, 1.807) is 83.1 Å². The maximum absolute atomic E-state index is 12.6. The van der Waals surface area contributed by atoms with E-state index in [1.165, 1.54) is 0 Å². The van der Waals surface area contributed by atoms with Gasteiger partial charge in [-0.3, -0.25) is 58.0 Å². The van der Waals surface area contributed by atoms with E-state index in [4.69, 9.17) is 186 Å². The van der Waals surface area contributed by atoms with Crippen LogP contribution in [0.1, 0.15) is 166 Å². The molecule has 4 heterocycles. The number of aliphatic carboxylic acids is 4. The van der Waals surface area contributed by atoms with Gasteiger partial charge in [-0.1, -0.05) is 269 Å². The maximum Gasteiger partial charge on any atom is 2.00 e. The first kappa shape index (κ1) is 85.4. The number of benzene rings is 4. The molecule has 4 aliphatic heterocycles. The van der Waals surface area contributed by atoms with Gasteiger partial charge in [0.05, 0.1) is 173 Å². The number of hydrogen-bond donors (Lipinski definition) is 0. The van der Waals surface area contributed by atoms with Crippen LogP contribution in [0.3, 0.4) is 0 Å². The third kappa shape index (κ3) is 15.3. The molecule has 0 spiro atoms. The van der Waals surface area contributed by atoms with Gasteiger partial charge < -0.3 is 39.6 Å². The van der Waals surface area contributed by atoms with Gasteiger partial charge in [0.15, 0.2) is 0 Å². The second kappa shape index (κ2) is 30.6. The Bertz CT molecular complexity index is 3350. The summed E-state index contributed by atoms with van der Waals surface area (Å²) < 4.78 is 0. The average molecular weight is 1800 g/mol. The van der Waals surface area contributed by atoms with Crippen molar-refractivity contribution in [3.8, 4) is 0 Å². The number of carboxylic acids is 4. The Morgan fingerprint density at radius 3 is 0.383 bits per heavy atom. The monoisotopic (exact) mass is 1790 g/mol. The van der Waals surface area contributed by atoms with Crippen LogP contribution in [0.2, 0.25) is 80.4 Å². The summed E-state index contributed by atoms with van der Waals surface area (Å²) in [6.07, 6.45) is 0. The molecule has 0 aromatic heterocycles. The number of carboxylic acid groups (broad SMARTS) is 4. The first-order chi connectivity index (χ1) is 41.6. The Hall–Kier alpha value is -2.79. The minimum Gasteiger partial charge on any atom is -0.548 e. The summed E-state index contributed by atoms with van der Waals surface area (Å²) in [5.74, 6) is -13.5. The van der Waals surface area contributed by atoms with Crippen molar-refractivity contribution in [1.29, 1.82) is 0 Å². The predicted octanol–water partition coefficient (Wildman–Crippen LogP) is 12.2. The van der Waals surface area contributed by atoms with E-state index >= 15 is 0 Å². The zero-order valence-electron chi connectivity index (χ0n) is 49.3. The minimum atomic E-state index is -1.57. The van der Waals surface area contributed by atoms with Gasteiger partial charge in [0, 0.05) is 0 Å². The van der Waals surface area contributed by atoms with Gasteiger partial charge in [0.25, 0.3) is 47.3 Å². The molecule has 4 atom stereocenters. The van der Waals surface area contributed by atoms with Crippen LogP contribution in [0.4, 0.5) is 0 Å². The molecule has 0 unspecified atom stereocenters. The molecule has 8 rings (SSSR count). The molecule has 0 saturated heterocycles. The summed E-state index contributed by atoms with van der Waals surface area (Å²) in [5.41, 5.74) is -5.96. The molecule has 20 nitrogen and oxygen atoms in total. The van der Waals surface area contributed by atoms with Gasteiger partial charge in [-0.2, -0.15) is 0 Å². The number of imide groups is 4. The molecule has 8 amide bonds. The van der Waals surface area contributed by atoms with E-state index in [0.29, 0.717) is 19.6 Å². The maximum atomic E-state index is 12.6. The van der Waals surface area contributed by atoms with Gasteiger partial charge in [0.2, 0.25) is 0 Å². The van der Waals surface area contributed by atoms with Crippen LogP contribution in [0.5, 0.6) is 0 Å². The van der Waals surface area contributed by atoms with E-state index in [2.05, 4.69) is 0 Å². The van der Waals surface area contributed by atoms with Gasteiger partial charge >= 0.3 is 39.0 Å². The third-order valence-electron chi connectivity index (χ3n) is 13.7. The first-order valence-electron chi connectivity index (χ1n) is 25.4. The summed E-state index contributed by atoms with van der Waals surface area (Å²) in [4.78, 5) is 149. The van der Waals surface area contributed by atoms with Crippen molar-refractivity contribution in [2.75, 3.05) is 0 Å². The van der Waals surface area contributed by atoms with Crippen molar-refractivity contribution >= 4 is 257 Å². The summed E-state index contributed by atoms with van der Waals surface area (Å²) in [6, 6.07) is -6.06. The van der Waals surface area contributed by atoms with Crippen molar-refractivity contribution in [1.82, 2.24) is 19.6 Å².